The van der Waals surface area contributed by atoms with Crippen LogP contribution in [-0.4, -0.2) is 41.8 Å². The summed E-state index contributed by atoms with van der Waals surface area (Å²) < 4.78 is 0. The molecule has 0 aliphatic heterocycles. The number of hydrogen-bond acceptors (Lipinski definition) is 5. The zero-order chi connectivity index (χ0) is 14.1. The molecule has 1 rings (SSSR count). The second-order valence-corrected chi connectivity index (χ2v) is 4.62. The van der Waals surface area contributed by atoms with Gasteiger partial charge in [-0.15, -0.1) is 0 Å². The third-order valence-corrected chi connectivity index (χ3v) is 2.98. The number of rotatable bonds is 9. The molecule has 1 aromatic heterocycles. The molecule has 0 spiro atoms. The van der Waals surface area contributed by atoms with E-state index in [1.807, 2.05) is 6.07 Å². The Labute approximate surface area is 116 Å². The summed E-state index contributed by atoms with van der Waals surface area (Å²) in [5.74, 6) is 2.73. The lowest BCUT2D eigenvalue weighted by atomic mass is 10.2. The Morgan fingerprint density at radius 3 is 2.63 bits per heavy atom. The highest BCUT2D eigenvalue weighted by atomic mass is 16.2. The summed E-state index contributed by atoms with van der Waals surface area (Å²) in [6.45, 7) is 6.22. The van der Waals surface area contributed by atoms with Crippen molar-refractivity contribution in [1.29, 1.82) is 0 Å². The van der Waals surface area contributed by atoms with Crippen molar-refractivity contribution < 1.29 is 5.11 Å². The van der Waals surface area contributed by atoms with Gasteiger partial charge in [-0.05, 0) is 26.2 Å². The predicted octanol–water partition coefficient (Wildman–Crippen LogP) is 2.07. The molecule has 0 radical (unpaired) electrons. The number of unbranched alkanes of at least 4 members (excludes halogenated alkanes) is 2. The lowest BCUT2D eigenvalue weighted by Gasteiger charge is -2.19. The molecule has 0 bridgehead atoms. The molecule has 0 aromatic carbocycles. The van der Waals surface area contributed by atoms with Gasteiger partial charge in [-0.25, -0.2) is 9.97 Å². The van der Waals surface area contributed by atoms with E-state index in [9.17, 15) is 0 Å². The monoisotopic (exact) mass is 266 g/mol. The van der Waals surface area contributed by atoms with Gasteiger partial charge in [0.05, 0.1) is 0 Å². The van der Waals surface area contributed by atoms with Gasteiger partial charge in [-0.3, -0.25) is 0 Å². The van der Waals surface area contributed by atoms with Crippen molar-refractivity contribution in [2.75, 3.05) is 37.0 Å². The molecule has 19 heavy (non-hydrogen) atoms. The van der Waals surface area contributed by atoms with Gasteiger partial charge >= 0.3 is 0 Å². The van der Waals surface area contributed by atoms with Crippen molar-refractivity contribution in [2.24, 2.45) is 0 Å². The van der Waals surface area contributed by atoms with E-state index in [2.05, 4.69) is 41.1 Å². The maximum Gasteiger partial charge on any atom is 0.134 e. The molecule has 5 heteroatoms. The number of aryl methyl sites for hydroxylation is 1. The summed E-state index contributed by atoms with van der Waals surface area (Å²) in [5.41, 5.74) is 0. The van der Waals surface area contributed by atoms with Crippen LogP contribution in [0.25, 0.3) is 0 Å². The van der Waals surface area contributed by atoms with Gasteiger partial charge in [0.25, 0.3) is 0 Å². The standard InChI is InChI=1S/C14H26N4O/c1-4-12-16-13(15-5-2)11-14(17-12)18(3)9-7-6-8-10-19/h11,19H,4-10H2,1-3H3,(H,15,16,17). The van der Waals surface area contributed by atoms with E-state index in [0.29, 0.717) is 0 Å². The average molecular weight is 266 g/mol. The van der Waals surface area contributed by atoms with Crippen LogP contribution >= 0.6 is 0 Å². The Balaban J connectivity index is 2.66. The summed E-state index contributed by atoms with van der Waals surface area (Å²) >= 11 is 0. The van der Waals surface area contributed by atoms with Crippen LogP contribution in [0.4, 0.5) is 11.6 Å². The topological polar surface area (TPSA) is 61.3 Å². The molecule has 5 nitrogen and oxygen atoms in total. The van der Waals surface area contributed by atoms with E-state index in [1.54, 1.807) is 0 Å². The third-order valence-electron chi connectivity index (χ3n) is 2.98. The molecule has 0 aliphatic carbocycles. The first kappa shape index (κ1) is 15.7. The van der Waals surface area contributed by atoms with Crippen LogP contribution < -0.4 is 10.2 Å². The molecule has 2 N–H and O–H groups in total. The zero-order valence-electron chi connectivity index (χ0n) is 12.3. The second kappa shape index (κ2) is 8.69. The van der Waals surface area contributed by atoms with Crippen molar-refractivity contribution >= 4 is 11.6 Å². The van der Waals surface area contributed by atoms with Crippen LogP contribution in [0.3, 0.4) is 0 Å². The number of nitrogens with one attached hydrogen (secondary N) is 1. The largest absolute Gasteiger partial charge is 0.396 e. The van der Waals surface area contributed by atoms with Crippen LogP contribution in [0, 0.1) is 0 Å². The summed E-state index contributed by atoms with van der Waals surface area (Å²) in [4.78, 5) is 11.2. The van der Waals surface area contributed by atoms with Gasteiger partial charge in [0.1, 0.15) is 17.5 Å². The molecule has 0 atom stereocenters. The number of hydrogen-bond donors (Lipinski definition) is 2. The van der Waals surface area contributed by atoms with E-state index >= 15 is 0 Å². The normalized spacial score (nSPS) is 10.5. The summed E-state index contributed by atoms with van der Waals surface area (Å²) in [7, 11) is 2.05. The summed E-state index contributed by atoms with van der Waals surface area (Å²) in [6.07, 6.45) is 3.83. The van der Waals surface area contributed by atoms with Crippen LogP contribution in [0.1, 0.15) is 38.9 Å². The molecule has 0 fully saturated rings. The molecule has 108 valence electrons. The molecule has 1 aromatic rings. The number of aromatic nitrogens is 2. The third kappa shape index (κ3) is 5.42. The number of anilines is 2. The van der Waals surface area contributed by atoms with Gasteiger partial charge in [0, 0.05) is 39.2 Å². The highest BCUT2D eigenvalue weighted by Gasteiger charge is 2.07. The van der Waals surface area contributed by atoms with E-state index < -0.39 is 0 Å². The van der Waals surface area contributed by atoms with Gasteiger partial charge < -0.3 is 15.3 Å². The molecule has 0 unspecified atom stereocenters. The molecule has 0 aliphatic rings. The van der Waals surface area contributed by atoms with Crippen molar-refractivity contribution in [3.63, 3.8) is 0 Å². The molecular formula is C14H26N4O. The maximum atomic E-state index is 8.77. The molecule has 1 heterocycles. The zero-order valence-corrected chi connectivity index (χ0v) is 12.3. The first-order valence-corrected chi connectivity index (χ1v) is 7.15. The minimum absolute atomic E-state index is 0.280. The van der Waals surface area contributed by atoms with Gasteiger partial charge in [0.15, 0.2) is 0 Å². The summed E-state index contributed by atoms with van der Waals surface area (Å²) in [6, 6.07) is 1.99. The van der Waals surface area contributed by atoms with Crippen LogP contribution in [0.15, 0.2) is 6.07 Å². The maximum absolute atomic E-state index is 8.77. The average Bonchev–Trinajstić information content (AvgIpc) is 2.43. The Morgan fingerprint density at radius 2 is 2.00 bits per heavy atom. The van der Waals surface area contributed by atoms with E-state index in [4.69, 9.17) is 5.11 Å². The lowest BCUT2D eigenvalue weighted by Crippen LogP contribution is -2.21. The Kier molecular flexibility index (Phi) is 7.18. The number of aliphatic hydroxyl groups excluding tert-OH is 1. The Morgan fingerprint density at radius 1 is 1.21 bits per heavy atom. The van der Waals surface area contributed by atoms with Crippen molar-refractivity contribution in [1.82, 2.24) is 9.97 Å². The highest BCUT2D eigenvalue weighted by Crippen LogP contribution is 2.15. The Hall–Kier alpha value is -1.36. The van der Waals surface area contributed by atoms with Crippen molar-refractivity contribution in [3.05, 3.63) is 11.9 Å². The van der Waals surface area contributed by atoms with Gasteiger partial charge in [-0.1, -0.05) is 6.92 Å². The quantitative estimate of drug-likeness (QED) is 0.670. The van der Waals surface area contributed by atoms with Crippen LogP contribution in [-0.2, 0) is 6.42 Å². The van der Waals surface area contributed by atoms with Crippen molar-refractivity contribution in [3.8, 4) is 0 Å². The SMILES string of the molecule is CCNc1cc(N(C)CCCCCO)nc(CC)n1. The Bertz CT molecular complexity index is 370. The van der Waals surface area contributed by atoms with Gasteiger partial charge in [0.2, 0.25) is 0 Å². The first-order chi connectivity index (χ1) is 9.21. The highest BCUT2D eigenvalue weighted by molar-refractivity contribution is 5.48. The van der Waals surface area contributed by atoms with Crippen molar-refractivity contribution in [2.45, 2.75) is 39.5 Å². The number of aliphatic hydroxyl groups is 1. The molecule has 0 saturated heterocycles. The fraction of sp³-hybridized carbons (Fsp3) is 0.714. The number of nitrogens with zero attached hydrogens (tertiary/aromatic N) is 3. The van der Waals surface area contributed by atoms with Gasteiger partial charge in [-0.2, -0.15) is 0 Å². The molecule has 0 amide bonds. The van der Waals surface area contributed by atoms with E-state index in [-0.39, 0.29) is 6.61 Å². The minimum Gasteiger partial charge on any atom is -0.396 e. The smallest absolute Gasteiger partial charge is 0.134 e. The van der Waals surface area contributed by atoms with Crippen LogP contribution in [0.5, 0.6) is 0 Å². The summed E-state index contributed by atoms with van der Waals surface area (Å²) in [5, 5.41) is 12.0. The molecule has 0 saturated carbocycles. The van der Waals surface area contributed by atoms with E-state index in [0.717, 1.165) is 56.2 Å². The second-order valence-electron chi connectivity index (χ2n) is 4.62. The first-order valence-electron chi connectivity index (χ1n) is 7.15. The van der Waals surface area contributed by atoms with E-state index in [1.165, 1.54) is 0 Å². The molecular weight excluding hydrogens is 240 g/mol. The minimum atomic E-state index is 0.280. The lowest BCUT2D eigenvalue weighted by molar-refractivity contribution is 0.283. The van der Waals surface area contributed by atoms with Crippen LogP contribution in [0.2, 0.25) is 0 Å². The fourth-order valence-corrected chi connectivity index (χ4v) is 1.86. The predicted molar refractivity (Wildman–Crippen MR) is 79.8 cm³/mol. The fourth-order valence-electron chi connectivity index (χ4n) is 1.86.